The van der Waals surface area contributed by atoms with Crippen LogP contribution in [0, 0.1) is 12.3 Å². The van der Waals surface area contributed by atoms with Gasteiger partial charge in [-0.15, -0.1) is 11.3 Å². The van der Waals surface area contributed by atoms with Crippen molar-refractivity contribution in [2.75, 3.05) is 11.9 Å². The molecule has 0 radical (unpaired) electrons. The number of amides is 3. The smallest absolute Gasteiger partial charge is 0.246 e. The molecule has 1 fully saturated rings. The summed E-state index contributed by atoms with van der Waals surface area (Å²) < 4.78 is 0. The molecule has 0 unspecified atom stereocenters. The number of β-amino-alcohol motifs (C(OH)–C–C–N with tert-alkyl or cyclic N) is 1. The van der Waals surface area contributed by atoms with Crippen LogP contribution >= 0.6 is 27.3 Å². The van der Waals surface area contributed by atoms with Gasteiger partial charge in [0.15, 0.2) is 0 Å². The highest BCUT2D eigenvalue weighted by atomic mass is 79.9. The molecule has 0 saturated carbocycles. The topological polar surface area (TPSA) is 112 Å². The molecule has 2 heterocycles. The average Bonchev–Trinajstić information content (AvgIpc) is 3.53. The molecule has 2 aromatic rings. The summed E-state index contributed by atoms with van der Waals surface area (Å²) in [5, 5.41) is 17.4. The number of aryl methyl sites for hydroxylation is 1. The summed E-state index contributed by atoms with van der Waals surface area (Å²) in [6.07, 6.45) is 4.80. The number of alkyl halides is 1. The lowest BCUT2D eigenvalue weighted by Gasteiger charge is -2.35. The molecule has 0 spiro atoms. The fourth-order valence-electron chi connectivity index (χ4n) is 5.16. The Morgan fingerprint density at radius 2 is 1.76 bits per heavy atom. The van der Waals surface area contributed by atoms with Gasteiger partial charge in [0, 0.05) is 24.7 Å². The molecule has 41 heavy (non-hydrogen) atoms. The van der Waals surface area contributed by atoms with Gasteiger partial charge < -0.3 is 20.6 Å². The number of rotatable bonds is 13. The largest absolute Gasteiger partial charge is 0.391 e. The summed E-state index contributed by atoms with van der Waals surface area (Å²) in [5.41, 5.74) is 4.26. The van der Waals surface area contributed by atoms with E-state index < -0.39 is 23.6 Å². The molecule has 10 heteroatoms. The molecule has 1 aromatic carbocycles. The maximum absolute atomic E-state index is 13.8. The number of unbranched alkanes of at least 4 members (excludes halogenated alkanes) is 4. The molecule has 226 valence electrons. The number of hydrogen-bond donors (Lipinski definition) is 3. The summed E-state index contributed by atoms with van der Waals surface area (Å²) in [5.74, 6) is -0.811. The first-order chi connectivity index (χ1) is 19.4. The lowest BCUT2D eigenvalue weighted by molar-refractivity contribution is -0.144. The van der Waals surface area contributed by atoms with Crippen LogP contribution in [0.1, 0.15) is 89.9 Å². The van der Waals surface area contributed by atoms with Crippen molar-refractivity contribution >= 4 is 45.0 Å². The Morgan fingerprint density at radius 1 is 1.10 bits per heavy atom. The quantitative estimate of drug-likeness (QED) is 0.196. The standard InChI is InChI=1S/C31H45BrN4O4S/c1-20(22-12-14-23(15-13-22)27-21(2)33-19-41-27)34-29(39)25-17-24(37)18-36(25)30(40)28(31(3,4)5)35-26(38)11-9-7-6-8-10-16-32/h12-15,19-20,24-25,28,37H,6-11,16-18H2,1-5H3,(H,34,39)(H,35,38)/t20-,24+,25-,28+/m0/s1. The van der Waals surface area contributed by atoms with E-state index in [2.05, 4.69) is 31.5 Å². The number of halogens is 1. The number of benzene rings is 1. The summed E-state index contributed by atoms with van der Waals surface area (Å²) in [4.78, 5) is 46.9. The van der Waals surface area contributed by atoms with E-state index in [4.69, 9.17) is 0 Å². The number of thiazole rings is 1. The number of likely N-dealkylation sites (tertiary alicyclic amines) is 1. The third-order valence-electron chi connectivity index (χ3n) is 7.60. The second-order valence-electron chi connectivity index (χ2n) is 12.1. The van der Waals surface area contributed by atoms with Crippen LogP contribution in [-0.2, 0) is 14.4 Å². The Balaban J connectivity index is 1.63. The molecule has 1 saturated heterocycles. The van der Waals surface area contributed by atoms with E-state index in [0.29, 0.717) is 6.42 Å². The summed E-state index contributed by atoms with van der Waals surface area (Å²) in [7, 11) is 0. The molecule has 1 aliphatic rings. The molecule has 3 amide bonds. The first-order valence-corrected chi connectivity index (χ1v) is 16.6. The van der Waals surface area contributed by atoms with Gasteiger partial charge in [-0.3, -0.25) is 14.4 Å². The van der Waals surface area contributed by atoms with Crippen molar-refractivity contribution in [2.45, 2.75) is 104 Å². The van der Waals surface area contributed by atoms with E-state index >= 15 is 0 Å². The number of aromatic nitrogens is 1. The molecule has 3 rings (SSSR count). The van der Waals surface area contributed by atoms with Crippen LogP contribution in [0.4, 0.5) is 0 Å². The molecule has 1 aromatic heterocycles. The van der Waals surface area contributed by atoms with Crippen LogP contribution in [0.3, 0.4) is 0 Å². The lowest BCUT2D eigenvalue weighted by atomic mass is 9.85. The van der Waals surface area contributed by atoms with Crippen molar-refractivity contribution in [3.63, 3.8) is 0 Å². The third-order valence-corrected chi connectivity index (χ3v) is 9.14. The lowest BCUT2D eigenvalue weighted by Crippen LogP contribution is -2.57. The van der Waals surface area contributed by atoms with Crippen LogP contribution < -0.4 is 10.6 Å². The molecular formula is C31H45BrN4O4S. The van der Waals surface area contributed by atoms with E-state index in [-0.39, 0.29) is 36.7 Å². The van der Waals surface area contributed by atoms with E-state index in [9.17, 15) is 19.5 Å². The molecule has 0 aliphatic carbocycles. The van der Waals surface area contributed by atoms with Gasteiger partial charge in [0.2, 0.25) is 17.7 Å². The number of hydrogen-bond acceptors (Lipinski definition) is 6. The van der Waals surface area contributed by atoms with Crippen molar-refractivity contribution in [3.05, 3.63) is 41.0 Å². The Labute approximate surface area is 256 Å². The Kier molecular flexibility index (Phi) is 12.4. The van der Waals surface area contributed by atoms with Crippen LogP contribution in [0.15, 0.2) is 29.8 Å². The third kappa shape index (κ3) is 9.35. The average molecular weight is 650 g/mol. The number of nitrogens with zero attached hydrogens (tertiary/aromatic N) is 2. The first kappa shape index (κ1) is 33.2. The van der Waals surface area contributed by atoms with Crippen LogP contribution in [0.2, 0.25) is 0 Å². The second kappa shape index (κ2) is 15.3. The van der Waals surface area contributed by atoms with Crippen molar-refractivity contribution in [1.82, 2.24) is 20.5 Å². The van der Waals surface area contributed by atoms with Crippen molar-refractivity contribution in [1.29, 1.82) is 0 Å². The highest BCUT2D eigenvalue weighted by Gasteiger charge is 2.44. The van der Waals surface area contributed by atoms with Gasteiger partial charge in [-0.05, 0) is 43.2 Å². The van der Waals surface area contributed by atoms with E-state index in [1.807, 2.05) is 64.4 Å². The van der Waals surface area contributed by atoms with Crippen molar-refractivity contribution in [3.8, 4) is 10.4 Å². The fourth-order valence-corrected chi connectivity index (χ4v) is 6.37. The minimum Gasteiger partial charge on any atom is -0.391 e. The normalized spacial score (nSPS) is 18.7. The van der Waals surface area contributed by atoms with Gasteiger partial charge in [-0.25, -0.2) is 4.98 Å². The summed E-state index contributed by atoms with van der Waals surface area (Å²) in [6.45, 7) is 9.64. The summed E-state index contributed by atoms with van der Waals surface area (Å²) in [6, 6.07) is 6.11. The molecule has 0 bridgehead atoms. The second-order valence-corrected chi connectivity index (χ2v) is 13.7. The Morgan fingerprint density at radius 3 is 2.37 bits per heavy atom. The fraction of sp³-hybridized carbons (Fsp3) is 0.613. The molecular weight excluding hydrogens is 604 g/mol. The van der Waals surface area contributed by atoms with E-state index in [1.165, 1.54) is 4.90 Å². The van der Waals surface area contributed by atoms with Gasteiger partial charge >= 0.3 is 0 Å². The number of carbonyl (C=O) groups is 3. The van der Waals surface area contributed by atoms with E-state index in [1.54, 1.807) is 11.3 Å². The van der Waals surface area contributed by atoms with Crippen molar-refractivity contribution < 1.29 is 19.5 Å². The minimum absolute atomic E-state index is 0.0597. The minimum atomic E-state index is -0.810. The Hall–Kier alpha value is -2.30. The van der Waals surface area contributed by atoms with Gasteiger partial charge in [0.25, 0.3) is 0 Å². The van der Waals surface area contributed by atoms with Gasteiger partial charge in [0.1, 0.15) is 12.1 Å². The predicted octanol–water partition coefficient (Wildman–Crippen LogP) is 5.52. The summed E-state index contributed by atoms with van der Waals surface area (Å²) >= 11 is 5.03. The number of aliphatic hydroxyl groups is 1. The van der Waals surface area contributed by atoms with Gasteiger partial charge in [0.05, 0.1) is 28.2 Å². The zero-order valence-corrected chi connectivity index (χ0v) is 27.3. The molecule has 8 nitrogen and oxygen atoms in total. The van der Waals surface area contributed by atoms with Crippen molar-refractivity contribution in [2.24, 2.45) is 5.41 Å². The zero-order chi connectivity index (χ0) is 30.2. The number of nitrogens with one attached hydrogen (secondary N) is 2. The monoisotopic (exact) mass is 648 g/mol. The predicted molar refractivity (Wildman–Crippen MR) is 168 cm³/mol. The SMILES string of the molecule is Cc1ncsc1-c1ccc([C@H](C)NC(=O)[C@@H]2C[C@@H](O)CN2C(=O)[C@@H](NC(=O)CCCCCCCBr)C(C)(C)C)cc1. The van der Waals surface area contributed by atoms with Crippen LogP contribution in [0.25, 0.3) is 10.4 Å². The van der Waals surface area contributed by atoms with E-state index in [0.717, 1.165) is 59.1 Å². The highest BCUT2D eigenvalue weighted by molar-refractivity contribution is 9.09. The maximum Gasteiger partial charge on any atom is 0.246 e. The first-order valence-electron chi connectivity index (χ1n) is 14.6. The van der Waals surface area contributed by atoms with Crippen LogP contribution in [0.5, 0.6) is 0 Å². The maximum atomic E-state index is 13.8. The van der Waals surface area contributed by atoms with Crippen LogP contribution in [-0.4, -0.2) is 62.8 Å². The van der Waals surface area contributed by atoms with Gasteiger partial charge in [-0.1, -0.05) is 80.2 Å². The molecule has 4 atom stereocenters. The number of carbonyl (C=O) groups excluding carboxylic acids is 3. The number of aliphatic hydroxyl groups excluding tert-OH is 1. The molecule has 3 N–H and O–H groups in total. The molecule has 1 aliphatic heterocycles. The zero-order valence-electron chi connectivity index (χ0n) is 24.9. The highest BCUT2D eigenvalue weighted by Crippen LogP contribution is 2.29. The van der Waals surface area contributed by atoms with Gasteiger partial charge in [-0.2, -0.15) is 0 Å². The Bertz CT molecular complexity index is 1160.